The van der Waals surface area contributed by atoms with Gasteiger partial charge in [0.25, 0.3) is 6.71 Å². The molecule has 5 heterocycles. The van der Waals surface area contributed by atoms with E-state index in [2.05, 4.69) is 306 Å². The van der Waals surface area contributed by atoms with E-state index in [1.807, 2.05) is 0 Å². The molecule has 5 heteroatoms. The SMILES string of the molecule is c1ccc(-c2cc(-c3ccccc3)cc(-c3cc(-c4cc(-c5ccccc5)cc(-c5ccccc5)c4)nc(-c4cc5c6c(c4)-n4c7ccc(-c8ccccc8)cc7c7c(C8CCCCC8)ccc(c74)B6c4ccc(C6CCCCC6)c6c7cc(-c8ccccc8)ccc7n-5c46)n3)c2)cc1. The van der Waals surface area contributed by atoms with Crippen molar-refractivity contribution in [1.29, 1.82) is 0 Å². The van der Waals surface area contributed by atoms with Gasteiger partial charge in [0.1, 0.15) is 0 Å². The Labute approximate surface area is 578 Å². The summed E-state index contributed by atoms with van der Waals surface area (Å²) in [5.41, 5.74) is 33.4. The van der Waals surface area contributed by atoms with Crippen molar-refractivity contribution >= 4 is 66.7 Å². The smallest absolute Gasteiger partial charge is 0.252 e. The molecule has 99 heavy (non-hydrogen) atoms. The van der Waals surface area contributed by atoms with Crippen LogP contribution in [0, 0.1) is 0 Å². The Kier molecular flexibility index (Phi) is 13.8. The van der Waals surface area contributed by atoms with E-state index in [0.29, 0.717) is 17.7 Å². The maximum absolute atomic E-state index is 5.99. The molecular weight excluding hydrogens is 1200 g/mol. The van der Waals surface area contributed by atoms with Crippen LogP contribution in [0.1, 0.15) is 87.2 Å². The third-order valence-electron chi connectivity index (χ3n) is 22.6. The lowest BCUT2D eigenvalue weighted by molar-refractivity contribution is 0.445. The summed E-state index contributed by atoms with van der Waals surface area (Å²) in [4.78, 5) is 12.0. The third-order valence-corrected chi connectivity index (χ3v) is 22.6. The molecule has 0 N–H and O–H groups in total. The molecule has 2 aliphatic heterocycles. The van der Waals surface area contributed by atoms with Gasteiger partial charge >= 0.3 is 0 Å². The summed E-state index contributed by atoms with van der Waals surface area (Å²) in [6, 6.07) is 112. The lowest BCUT2D eigenvalue weighted by atomic mass is 9.34. The van der Waals surface area contributed by atoms with Gasteiger partial charge in [0.2, 0.25) is 0 Å². The zero-order valence-electron chi connectivity index (χ0n) is 55.4. The van der Waals surface area contributed by atoms with Crippen LogP contribution in [-0.2, 0) is 0 Å². The molecule has 0 atom stereocenters. The van der Waals surface area contributed by atoms with Crippen molar-refractivity contribution in [3.63, 3.8) is 0 Å². The van der Waals surface area contributed by atoms with E-state index in [4.69, 9.17) is 9.97 Å². The van der Waals surface area contributed by atoms with E-state index in [0.717, 1.165) is 72.6 Å². The molecule has 3 aromatic heterocycles. The molecule has 13 aromatic carbocycles. The van der Waals surface area contributed by atoms with E-state index < -0.39 is 0 Å². The Morgan fingerprint density at radius 1 is 0.273 bits per heavy atom. The minimum absolute atomic E-state index is 0.0530. The average Bonchev–Trinajstić information content (AvgIpc) is 1.55. The molecule has 470 valence electrons. The van der Waals surface area contributed by atoms with Gasteiger partial charge < -0.3 is 9.13 Å². The van der Waals surface area contributed by atoms with Gasteiger partial charge in [-0.25, -0.2) is 9.97 Å². The van der Waals surface area contributed by atoms with Gasteiger partial charge in [0.15, 0.2) is 5.82 Å². The lowest BCUT2D eigenvalue weighted by Crippen LogP contribution is -2.59. The summed E-state index contributed by atoms with van der Waals surface area (Å²) in [6.07, 6.45) is 12.5. The summed E-state index contributed by atoms with van der Waals surface area (Å²) < 4.78 is 5.40. The van der Waals surface area contributed by atoms with Crippen molar-refractivity contribution in [1.82, 2.24) is 19.1 Å². The average molecular weight is 1270 g/mol. The summed E-state index contributed by atoms with van der Waals surface area (Å²) in [7, 11) is 0. The van der Waals surface area contributed by atoms with Crippen LogP contribution in [0.15, 0.2) is 297 Å². The first-order chi connectivity index (χ1) is 49.1. The molecule has 2 aliphatic carbocycles. The third kappa shape index (κ3) is 9.72. The second-order valence-electron chi connectivity index (χ2n) is 28.4. The normalized spacial score (nSPS) is 14.4. The highest BCUT2D eigenvalue weighted by atomic mass is 15.0. The van der Waals surface area contributed by atoms with Gasteiger partial charge in [-0.3, -0.25) is 0 Å². The molecule has 4 aliphatic rings. The van der Waals surface area contributed by atoms with E-state index >= 15 is 0 Å². The van der Waals surface area contributed by atoms with Crippen molar-refractivity contribution in [2.24, 2.45) is 0 Å². The van der Waals surface area contributed by atoms with Crippen molar-refractivity contribution < 1.29 is 0 Å². The minimum Gasteiger partial charge on any atom is -0.310 e. The zero-order valence-corrected chi connectivity index (χ0v) is 55.4. The van der Waals surface area contributed by atoms with Crippen LogP contribution in [0.4, 0.5) is 0 Å². The molecule has 0 amide bonds. The quantitative estimate of drug-likeness (QED) is 0.121. The monoisotopic (exact) mass is 1270 g/mol. The van der Waals surface area contributed by atoms with E-state index in [1.165, 1.54) is 169 Å². The highest BCUT2D eigenvalue weighted by Gasteiger charge is 2.43. The molecule has 0 saturated heterocycles. The lowest BCUT2D eigenvalue weighted by Gasteiger charge is -2.35. The van der Waals surface area contributed by atoms with Crippen LogP contribution < -0.4 is 16.4 Å². The molecule has 0 unspecified atom stereocenters. The van der Waals surface area contributed by atoms with E-state index in [1.54, 1.807) is 0 Å². The first-order valence-electron chi connectivity index (χ1n) is 36.0. The van der Waals surface area contributed by atoms with Crippen molar-refractivity contribution in [3.05, 3.63) is 308 Å². The highest BCUT2D eigenvalue weighted by molar-refractivity contribution is 7.00. The van der Waals surface area contributed by atoms with Gasteiger partial charge in [-0.15, -0.1) is 0 Å². The van der Waals surface area contributed by atoms with Gasteiger partial charge in [0.05, 0.1) is 22.4 Å². The number of hydrogen-bond donors (Lipinski definition) is 0. The summed E-state index contributed by atoms with van der Waals surface area (Å²) in [6.45, 7) is -0.0530. The van der Waals surface area contributed by atoms with Crippen LogP contribution in [0.5, 0.6) is 0 Å². The van der Waals surface area contributed by atoms with E-state index in [-0.39, 0.29) is 6.71 Å². The van der Waals surface area contributed by atoms with Crippen LogP contribution in [-0.4, -0.2) is 25.8 Å². The molecule has 2 fully saturated rings. The number of hydrogen-bond acceptors (Lipinski definition) is 2. The molecule has 0 bridgehead atoms. The van der Waals surface area contributed by atoms with E-state index in [9.17, 15) is 0 Å². The summed E-state index contributed by atoms with van der Waals surface area (Å²) in [5, 5.41) is 5.48. The Morgan fingerprint density at radius 3 is 0.960 bits per heavy atom. The predicted octanol–water partition coefficient (Wildman–Crippen LogP) is 22.9. The number of aromatic nitrogens is 4. The molecule has 2 saturated carbocycles. The molecule has 20 rings (SSSR count). The van der Waals surface area contributed by atoms with Gasteiger partial charge in [-0.2, -0.15) is 0 Å². The summed E-state index contributed by atoms with van der Waals surface area (Å²) >= 11 is 0. The molecule has 0 radical (unpaired) electrons. The van der Waals surface area contributed by atoms with Crippen LogP contribution >= 0.6 is 0 Å². The van der Waals surface area contributed by atoms with Crippen molar-refractivity contribution in [2.45, 2.75) is 76.0 Å². The number of fused-ring (bicyclic) bond motifs is 10. The fraction of sp³-hybridized carbons (Fsp3) is 0.128. The fourth-order valence-electron chi connectivity index (χ4n) is 18.0. The largest absolute Gasteiger partial charge is 0.310 e. The zero-order chi connectivity index (χ0) is 65.1. The standard InChI is InChI=1S/C94H71BN4/c1-9-25-60(26-10-1)68-41-47-85-79(55-68)89-77(66-37-21-7-22-38-66)43-45-81-92(89)98(85)87-57-76(58-88-91(87)95(81)82-46-44-78(67-39-23-8-24-40-67)90-80-56-69(61-27-11-2-12-28-61)42-48-86(80)99(88)93(82)90)94-96-83(74-51-70(62-29-13-3-14-30-62)49-71(52-74)63-31-15-4-16-32-63)59-84(97-94)75-53-72(64-33-17-5-18-34-64)50-73(54-75)65-35-19-6-20-36-65/h1-6,9-20,25-36,41-59,66-67H,7-8,21-24,37-40H2. The molecule has 4 nitrogen and oxygen atoms in total. The highest BCUT2D eigenvalue weighted by Crippen LogP contribution is 2.49. The Balaban J connectivity index is 0.917. The topological polar surface area (TPSA) is 35.6 Å². The van der Waals surface area contributed by atoms with Crippen molar-refractivity contribution in [3.8, 4) is 112 Å². The molecular formula is C94H71BN4. The van der Waals surface area contributed by atoms with Gasteiger partial charge in [-0.05, 0) is 211 Å². The first-order valence-corrected chi connectivity index (χ1v) is 36.0. The second-order valence-corrected chi connectivity index (χ2v) is 28.4. The van der Waals surface area contributed by atoms with Crippen LogP contribution in [0.3, 0.4) is 0 Å². The first kappa shape index (κ1) is 57.8. The maximum atomic E-state index is 5.99. The van der Waals surface area contributed by atoms with Crippen LogP contribution in [0.25, 0.3) is 156 Å². The summed E-state index contributed by atoms with van der Waals surface area (Å²) in [5.74, 6) is 1.63. The Bertz CT molecular complexity index is 5380. The fourth-order valence-corrected chi connectivity index (χ4v) is 18.0. The van der Waals surface area contributed by atoms with Crippen LogP contribution in [0.2, 0.25) is 0 Å². The molecule has 16 aromatic rings. The Hall–Kier alpha value is -11.4. The second kappa shape index (κ2) is 23.7. The van der Waals surface area contributed by atoms with Crippen molar-refractivity contribution in [2.75, 3.05) is 0 Å². The molecule has 0 spiro atoms. The minimum atomic E-state index is -0.0530. The maximum Gasteiger partial charge on any atom is 0.252 e. The predicted molar refractivity (Wildman–Crippen MR) is 416 cm³/mol. The Morgan fingerprint density at radius 2 is 0.606 bits per heavy atom. The number of benzene rings is 13. The number of nitrogens with zero attached hydrogens (tertiary/aromatic N) is 4. The number of rotatable bonds is 11. The van der Waals surface area contributed by atoms with Gasteiger partial charge in [-0.1, -0.05) is 257 Å². The van der Waals surface area contributed by atoms with Gasteiger partial charge in [0, 0.05) is 60.6 Å².